The summed E-state index contributed by atoms with van der Waals surface area (Å²) in [6.45, 7) is 8.22. The first-order valence-corrected chi connectivity index (χ1v) is 7.08. The van der Waals surface area contributed by atoms with Crippen LogP contribution in [-0.4, -0.2) is 30.6 Å². The van der Waals surface area contributed by atoms with Crippen LogP contribution in [0.1, 0.15) is 32.3 Å². The summed E-state index contributed by atoms with van der Waals surface area (Å²) in [5, 5.41) is 3.35. The first kappa shape index (κ1) is 13.6. The van der Waals surface area contributed by atoms with Crippen LogP contribution in [0.5, 0.6) is 0 Å². The first-order valence-electron chi connectivity index (χ1n) is 7.08. The molecule has 0 aliphatic carbocycles. The number of hydrogen-bond acceptors (Lipinski definition) is 2. The molecule has 0 aromatic heterocycles. The van der Waals surface area contributed by atoms with E-state index in [1.165, 1.54) is 24.9 Å². The molecule has 1 fully saturated rings. The van der Waals surface area contributed by atoms with Gasteiger partial charge in [-0.3, -0.25) is 4.90 Å². The van der Waals surface area contributed by atoms with E-state index in [2.05, 4.69) is 61.4 Å². The maximum atomic E-state index is 3.35. The van der Waals surface area contributed by atoms with Gasteiger partial charge in [-0.05, 0) is 58.3 Å². The Morgan fingerprint density at radius 2 is 2.00 bits per heavy atom. The molecule has 1 aliphatic rings. The monoisotopic (exact) mass is 246 g/mol. The SMILES string of the molecule is CNCC1CCCN(Cc2ccccc2)C1(C)C. The fourth-order valence-corrected chi connectivity index (χ4v) is 3.11. The molecule has 1 aliphatic heterocycles. The molecule has 1 N–H and O–H groups in total. The molecule has 0 spiro atoms. The number of benzene rings is 1. The van der Waals surface area contributed by atoms with Crippen LogP contribution >= 0.6 is 0 Å². The Morgan fingerprint density at radius 1 is 1.28 bits per heavy atom. The fourth-order valence-electron chi connectivity index (χ4n) is 3.11. The van der Waals surface area contributed by atoms with Gasteiger partial charge in [-0.2, -0.15) is 0 Å². The number of nitrogens with one attached hydrogen (secondary N) is 1. The van der Waals surface area contributed by atoms with Crippen molar-refractivity contribution in [3.05, 3.63) is 35.9 Å². The quantitative estimate of drug-likeness (QED) is 0.879. The third-order valence-electron chi connectivity index (χ3n) is 4.46. The number of rotatable bonds is 4. The summed E-state index contributed by atoms with van der Waals surface area (Å²) in [5.74, 6) is 0.750. The van der Waals surface area contributed by atoms with E-state index in [9.17, 15) is 0 Å². The molecule has 2 rings (SSSR count). The van der Waals surface area contributed by atoms with Crippen molar-refractivity contribution in [1.82, 2.24) is 10.2 Å². The molecule has 1 unspecified atom stereocenters. The fraction of sp³-hybridized carbons (Fsp3) is 0.625. The minimum Gasteiger partial charge on any atom is -0.319 e. The Bertz CT molecular complexity index is 357. The second-order valence-electron chi connectivity index (χ2n) is 5.96. The molecule has 1 aromatic rings. The Kier molecular flexibility index (Phi) is 4.41. The van der Waals surface area contributed by atoms with Gasteiger partial charge in [-0.1, -0.05) is 30.3 Å². The summed E-state index contributed by atoms with van der Waals surface area (Å²) in [7, 11) is 2.06. The van der Waals surface area contributed by atoms with Crippen LogP contribution in [0.4, 0.5) is 0 Å². The molecule has 2 nitrogen and oxygen atoms in total. The van der Waals surface area contributed by atoms with Crippen LogP contribution in [0.25, 0.3) is 0 Å². The van der Waals surface area contributed by atoms with Crippen molar-refractivity contribution in [2.75, 3.05) is 20.1 Å². The van der Waals surface area contributed by atoms with E-state index < -0.39 is 0 Å². The van der Waals surface area contributed by atoms with E-state index in [0.717, 1.165) is 19.0 Å². The number of hydrogen-bond donors (Lipinski definition) is 1. The molecule has 18 heavy (non-hydrogen) atoms. The van der Waals surface area contributed by atoms with Gasteiger partial charge in [0.2, 0.25) is 0 Å². The summed E-state index contributed by atoms with van der Waals surface area (Å²) >= 11 is 0. The Labute approximate surface area is 111 Å². The second kappa shape index (κ2) is 5.85. The van der Waals surface area contributed by atoms with Gasteiger partial charge in [0, 0.05) is 12.1 Å². The van der Waals surface area contributed by atoms with Gasteiger partial charge in [0.1, 0.15) is 0 Å². The summed E-state index contributed by atoms with van der Waals surface area (Å²) in [6, 6.07) is 10.8. The van der Waals surface area contributed by atoms with Crippen LogP contribution in [0.15, 0.2) is 30.3 Å². The molecule has 0 bridgehead atoms. The standard InChI is InChI=1S/C16H26N2/c1-16(2)15(12-17-3)10-7-11-18(16)13-14-8-5-4-6-9-14/h4-6,8-9,15,17H,7,10-13H2,1-3H3. The van der Waals surface area contributed by atoms with Crippen molar-refractivity contribution in [1.29, 1.82) is 0 Å². The highest BCUT2D eigenvalue weighted by molar-refractivity contribution is 5.15. The lowest BCUT2D eigenvalue weighted by Crippen LogP contribution is -2.54. The lowest BCUT2D eigenvalue weighted by Gasteiger charge is -2.48. The van der Waals surface area contributed by atoms with Gasteiger partial charge in [0.25, 0.3) is 0 Å². The molecular weight excluding hydrogens is 220 g/mol. The highest BCUT2D eigenvalue weighted by Gasteiger charge is 2.37. The maximum absolute atomic E-state index is 3.35. The van der Waals surface area contributed by atoms with Crippen molar-refractivity contribution in [3.8, 4) is 0 Å². The van der Waals surface area contributed by atoms with Crippen LogP contribution < -0.4 is 5.32 Å². The van der Waals surface area contributed by atoms with E-state index in [-0.39, 0.29) is 5.54 Å². The topological polar surface area (TPSA) is 15.3 Å². The van der Waals surface area contributed by atoms with Crippen LogP contribution in [0, 0.1) is 5.92 Å². The van der Waals surface area contributed by atoms with Crippen molar-refractivity contribution in [2.45, 2.75) is 38.8 Å². The minimum atomic E-state index is 0.289. The third-order valence-corrected chi connectivity index (χ3v) is 4.46. The molecule has 1 aromatic carbocycles. The van der Waals surface area contributed by atoms with E-state index in [4.69, 9.17) is 0 Å². The summed E-state index contributed by atoms with van der Waals surface area (Å²) in [5.41, 5.74) is 1.72. The zero-order valence-corrected chi connectivity index (χ0v) is 11.9. The van der Waals surface area contributed by atoms with Gasteiger partial charge >= 0.3 is 0 Å². The summed E-state index contributed by atoms with van der Waals surface area (Å²) < 4.78 is 0. The van der Waals surface area contributed by atoms with Crippen LogP contribution in [0.3, 0.4) is 0 Å². The Hall–Kier alpha value is -0.860. The predicted molar refractivity (Wildman–Crippen MR) is 77.6 cm³/mol. The zero-order valence-electron chi connectivity index (χ0n) is 11.9. The maximum Gasteiger partial charge on any atom is 0.0239 e. The van der Waals surface area contributed by atoms with Crippen molar-refractivity contribution in [3.63, 3.8) is 0 Å². The molecule has 0 amide bonds. The molecule has 1 atom stereocenters. The van der Waals surface area contributed by atoms with Crippen molar-refractivity contribution in [2.24, 2.45) is 5.92 Å². The van der Waals surface area contributed by atoms with Crippen LogP contribution in [-0.2, 0) is 6.54 Å². The Morgan fingerprint density at radius 3 is 2.67 bits per heavy atom. The van der Waals surface area contributed by atoms with E-state index in [1.54, 1.807) is 0 Å². The molecule has 100 valence electrons. The van der Waals surface area contributed by atoms with Gasteiger partial charge in [-0.15, -0.1) is 0 Å². The van der Waals surface area contributed by atoms with E-state index >= 15 is 0 Å². The van der Waals surface area contributed by atoms with E-state index in [0.29, 0.717) is 0 Å². The van der Waals surface area contributed by atoms with Gasteiger partial charge in [0.05, 0.1) is 0 Å². The summed E-state index contributed by atoms with van der Waals surface area (Å²) in [6.07, 6.45) is 2.67. The lowest BCUT2D eigenvalue weighted by molar-refractivity contribution is 0.0161. The van der Waals surface area contributed by atoms with Crippen LogP contribution in [0.2, 0.25) is 0 Å². The van der Waals surface area contributed by atoms with Crippen molar-refractivity contribution >= 4 is 0 Å². The van der Waals surface area contributed by atoms with Gasteiger partial charge < -0.3 is 5.32 Å². The number of likely N-dealkylation sites (tertiary alicyclic amines) is 1. The molecular formula is C16H26N2. The average molecular weight is 246 g/mol. The number of nitrogens with zero attached hydrogens (tertiary/aromatic N) is 1. The lowest BCUT2D eigenvalue weighted by atomic mass is 9.78. The van der Waals surface area contributed by atoms with E-state index in [1.807, 2.05) is 0 Å². The highest BCUT2D eigenvalue weighted by atomic mass is 15.2. The molecule has 1 heterocycles. The minimum absolute atomic E-state index is 0.289. The zero-order chi connectivity index (χ0) is 13.0. The van der Waals surface area contributed by atoms with Crippen molar-refractivity contribution < 1.29 is 0 Å². The average Bonchev–Trinajstić information content (AvgIpc) is 2.36. The largest absolute Gasteiger partial charge is 0.319 e. The summed E-state index contributed by atoms with van der Waals surface area (Å²) in [4.78, 5) is 2.65. The molecule has 2 heteroatoms. The molecule has 1 saturated heterocycles. The van der Waals surface area contributed by atoms with Gasteiger partial charge in [-0.25, -0.2) is 0 Å². The van der Waals surface area contributed by atoms with Gasteiger partial charge in [0.15, 0.2) is 0 Å². The smallest absolute Gasteiger partial charge is 0.0239 e. The third kappa shape index (κ3) is 2.93. The Balaban J connectivity index is 2.07. The predicted octanol–water partition coefficient (Wildman–Crippen LogP) is 2.90. The normalized spacial score (nSPS) is 24.1. The first-order chi connectivity index (χ1) is 8.64. The molecule has 0 saturated carbocycles. The molecule has 0 radical (unpaired) electrons. The highest BCUT2D eigenvalue weighted by Crippen LogP contribution is 2.33. The number of piperidine rings is 1. The second-order valence-corrected chi connectivity index (χ2v) is 5.96.